The Morgan fingerprint density at radius 3 is 3.12 bits per heavy atom. The Bertz CT molecular complexity index is 663. The van der Waals surface area contributed by atoms with Crippen molar-refractivity contribution in [1.29, 1.82) is 0 Å². The van der Waals surface area contributed by atoms with E-state index in [4.69, 9.17) is 16.1 Å². The lowest BCUT2D eigenvalue weighted by molar-refractivity contribution is -0.133. The van der Waals surface area contributed by atoms with E-state index < -0.39 is 0 Å². The smallest absolute Gasteiger partial charge is 0.227 e. The quantitative estimate of drug-likeness (QED) is 0.744. The van der Waals surface area contributed by atoms with Gasteiger partial charge in [0, 0.05) is 44.2 Å². The van der Waals surface area contributed by atoms with E-state index in [1.807, 2.05) is 4.90 Å². The molecule has 0 bridgehead atoms. The summed E-state index contributed by atoms with van der Waals surface area (Å²) in [5, 5.41) is 3.96. The number of halogens is 1. The van der Waals surface area contributed by atoms with Crippen LogP contribution in [0.25, 0.3) is 11.5 Å². The number of alkyl halides is 1. The summed E-state index contributed by atoms with van der Waals surface area (Å²) in [5.41, 5.74) is 0.592. The highest BCUT2D eigenvalue weighted by Gasteiger charge is 2.25. The van der Waals surface area contributed by atoms with Crippen molar-refractivity contribution in [3.8, 4) is 11.5 Å². The number of hydrogen-bond acceptors (Lipinski definition) is 6. The maximum absolute atomic E-state index is 12.1. The van der Waals surface area contributed by atoms with Crippen LogP contribution < -0.4 is 0 Å². The van der Waals surface area contributed by atoms with Gasteiger partial charge in [0.05, 0.1) is 6.20 Å². The Labute approximate surface area is 145 Å². The molecule has 128 valence electrons. The molecule has 0 spiro atoms. The molecule has 0 N–H and O–H groups in total. The maximum atomic E-state index is 12.1. The predicted molar refractivity (Wildman–Crippen MR) is 88.3 cm³/mol. The van der Waals surface area contributed by atoms with Crippen LogP contribution in [0.3, 0.4) is 0 Å². The first-order chi connectivity index (χ1) is 11.8. The molecule has 0 aromatic carbocycles. The van der Waals surface area contributed by atoms with E-state index >= 15 is 0 Å². The van der Waals surface area contributed by atoms with Gasteiger partial charge in [-0.25, -0.2) is 4.98 Å². The summed E-state index contributed by atoms with van der Waals surface area (Å²) in [4.78, 5) is 26.6. The summed E-state index contributed by atoms with van der Waals surface area (Å²) in [6, 6.07) is 0. The summed E-state index contributed by atoms with van der Waals surface area (Å²) in [6.07, 6.45) is 8.78. The van der Waals surface area contributed by atoms with Gasteiger partial charge in [-0.05, 0) is 25.2 Å². The highest BCUT2D eigenvalue weighted by Crippen LogP contribution is 2.22. The molecule has 3 heterocycles. The highest BCUT2D eigenvalue weighted by molar-refractivity contribution is 6.17. The first-order valence-corrected chi connectivity index (χ1v) is 8.72. The van der Waals surface area contributed by atoms with Crippen LogP contribution in [0, 0.1) is 5.92 Å². The first kappa shape index (κ1) is 16.8. The van der Waals surface area contributed by atoms with Crippen molar-refractivity contribution in [3.63, 3.8) is 0 Å². The van der Waals surface area contributed by atoms with Crippen molar-refractivity contribution < 1.29 is 9.32 Å². The van der Waals surface area contributed by atoms with Crippen LogP contribution in [-0.2, 0) is 11.2 Å². The number of likely N-dealkylation sites (tertiary alicyclic amines) is 1. The summed E-state index contributed by atoms with van der Waals surface area (Å²) in [7, 11) is 0. The molecule has 1 unspecified atom stereocenters. The summed E-state index contributed by atoms with van der Waals surface area (Å²) in [6.45, 7) is 1.57. The minimum absolute atomic E-state index is 0.186. The van der Waals surface area contributed by atoms with Gasteiger partial charge in [0.1, 0.15) is 5.69 Å². The van der Waals surface area contributed by atoms with Crippen LogP contribution in [0.2, 0.25) is 0 Å². The zero-order valence-electron chi connectivity index (χ0n) is 13.4. The van der Waals surface area contributed by atoms with Gasteiger partial charge in [-0.15, -0.1) is 11.6 Å². The van der Waals surface area contributed by atoms with Crippen molar-refractivity contribution in [2.24, 2.45) is 5.92 Å². The molecule has 1 fully saturated rings. The molecular weight excluding hydrogens is 330 g/mol. The van der Waals surface area contributed by atoms with Gasteiger partial charge in [-0.1, -0.05) is 5.16 Å². The lowest BCUT2D eigenvalue weighted by atomic mass is 9.94. The maximum Gasteiger partial charge on any atom is 0.227 e. The van der Waals surface area contributed by atoms with E-state index in [0.717, 1.165) is 32.4 Å². The van der Waals surface area contributed by atoms with Crippen LogP contribution in [0.15, 0.2) is 23.1 Å². The Balaban J connectivity index is 1.58. The molecule has 1 aliphatic heterocycles. The van der Waals surface area contributed by atoms with Crippen LogP contribution in [0.4, 0.5) is 0 Å². The van der Waals surface area contributed by atoms with Gasteiger partial charge in [0.2, 0.25) is 17.6 Å². The molecule has 0 radical (unpaired) electrons. The topological polar surface area (TPSA) is 85.0 Å². The van der Waals surface area contributed by atoms with Crippen LogP contribution >= 0.6 is 11.6 Å². The van der Waals surface area contributed by atoms with E-state index in [2.05, 4.69) is 20.1 Å². The first-order valence-electron chi connectivity index (χ1n) is 8.19. The minimum atomic E-state index is 0.186. The molecular formula is C16H20ClN5O2. The number of amides is 1. The molecule has 24 heavy (non-hydrogen) atoms. The van der Waals surface area contributed by atoms with Gasteiger partial charge >= 0.3 is 0 Å². The Hall–Kier alpha value is -2.02. The average molecular weight is 350 g/mol. The molecule has 8 heteroatoms. The predicted octanol–water partition coefficient (Wildman–Crippen LogP) is 2.33. The highest BCUT2D eigenvalue weighted by atomic mass is 35.5. The molecule has 1 amide bonds. The van der Waals surface area contributed by atoms with E-state index in [9.17, 15) is 4.79 Å². The second-order valence-electron chi connectivity index (χ2n) is 5.95. The molecule has 1 saturated heterocycles. The second kappa shape index (κ2) is 8.19. The molecule has 1 atom stereocenters. The van der Waals surface area contributed by atoms with Crippen LogP contribution in [-0.4, -0.2) is 49.9 Å². The van der Waals surface area contributed by atoms with Gasteiger partial charge in [-0.3, -0.25) is 9.78 Å². The van der Waals surface area contributed by atoms with E-state index in [-0.39, 0.29) is 5.91 Å². The van der Waals surface area contributed by atoms with Crippen molar-refractivity contribution in [2.75, 3.05) is 19.0 Å². The standard InChI is InChI=1S/C16H20ClN5O2/c17-5-1-4-15(23)22-8-2-3-12(11-22)9-14-20-16(21-24-14)13-10-18-6-7-19-13/h6-7,10,12H,1-5,8-9,11H2. The van der Waals surface area contributed by atoms with Gasteiger partial charge in [-0.2, -0.15) is 4.98 Å². The monoisotopic (exact) mass is 349 g/mol. The van der Waals surface area contributed by atoms with Gasteiger partial charge in [0.15, 0.2) is 0 Å². The molecule has 2 aromatic rings. The number of hydrogen-bond donors (Lipinski definition) is 0. The fourth-order valence-corrected chi connectivity index (χ4v) is 3.07. The summed E-state index contributed by atoms with van der Waals surface area (Å²) < 4.78 is 5.33. The van der Waals surface area contributed by atoms with Crippen molar-refractivity contribution in [1.82, 2.24) is 25.0 Å². The molecule has 0 aliphatic carbocycles. The number of carbonyl (C=O) groups is 1. The van der Waals surface area contributed by atoms with Crippen LogP contribution in [0.1, 0.15) is 31.6 Å². The fraction of sp³-hybridized carbons (Fsp3) is 0.562. The summed E-state index contributed by atoms with van der Waals surface area (Å²) in [5.74, 6) is 2.08. The zero-order chi connectivity index (χ0) is 16.8. The number of carbonyl (C=O) groups excluding carboxylic acids is 1. The van der Waals surface area contributed by atoms with Crippen molar-refractivity contribution in [3.05, 3.63) is 24.5 Å². The normalized spacial score (nSPS) is 17.9. The Morgan fingerprint density at radius 2 is 2.33 bits per heavy atom. The zero-order valence-corrected chi connectivity index (χ0v) is 14.2. The Kier molecular flexibility index (Phi) is 5.74. The average Bonchev–Trinajstić information content (AvgIpc) is 3.09. The SMILES string of the molecule is O=C(CCCCl)N1CCCC(Cc2nc(-c3cnccn3)no2)C1. The van der Waals surface area contributed by atoms with Gasteiger partial charge < -0.3 is 9.42 Å². The number of rotatable bonds is 6. The third-order valence-corrected chi connectivity index (χ3v) is 4.39. The fourth-order valence-electron chi connectivity index (χ4n) is 2.94. The van der Waals surface area contributed by atoms with E-state index in [1.54, 1.807) is 18.6 Å². The lowest BCUT2D eigenvalue weighted by Gasteiger charge is -2.32. The third kappa shape index (κ3) is 4.29. The number of piperidine rings is 1. The number of aromatic nitrogens is 4. The number of nitrogens with zero attached hydrogens (tertiary/aromatic N) is 5. The minimum Gasteiger partial charge on any atom is -0.342 e. The molecule has 2 aromatic heterocycles. The van der Waals surface area contributed by atoms with Gasteiger partial charge in [0.25, 0.3) is 0 Å². The molecule has 0 saturated carbocycles. The van der Waals surface area contributed by atoms with Crippen LogP contribution in [0.5, 0.6) is 0 Å². The van der Waals surface area contributed by atoms with E-state index in [1.165, 1.54) is 0 Å². The van der Waals surface area contributed by atoms with E-state index in [0.29, 0.717) is 42.0 Å². The second-order valence-corrected chi connectivity index (χ2v) is 6.33. The lowest BCUT2D eigenvalue weighted by Crippen LogP contribution is -2.40. The third-order valence-electron chi connectivity index (χ3n) is 4.12. The Morgan fingerprint density at radius 1 is 1.42 bits per heavy atom. The molecule has 3 rings (SSSR count). The summed E-state index contributed by atoms with van der Waals surface area (Å²) >= 11 is 5.67. The van der Waals surface area contributed by atoms with Crippen molar-refractivity contribution in [2.45, 2.75) is 32.1 Å². The largest absolute Gasteiger partial charge is 0.342 e. The van der Waals surface area contributed by atoms with Crippen molar-refractivity contribution >= 4 is 17.5 Å². The molecule has 1 aliphatic rings. The molecule has 7 nitrogen and oxygen atoms in total.